The van der Waals surface area contributed by atoms with Gasteiger partial charge < -0.3 is 9.64 Å². The van der Waals surface area contributed by atoms with Gasteiger partial charge in [0.1, 0.15) is 0 Å². The first-order valence-corrected chi connectivity index (χ1v) is 7.82. The molecule has 2 fully saturated rings. The van der Waals surface area contributed by atoms with Gasteiger partial charge in [0.25, 0.3) is 0 Å². The highest BCUT2D eigenvalue weighted by Crippen LogP contribution is 2.28. The zero-order chi connectivity index (χ0) is 14.4. The SMILES string of the molecule is CCOCCCN=C(NN)N1CCC2CCC(C1)N2C. The van der Waals surface area contributed by atoms with Gasteiger partial charge in [0.2, 0.25) is 5.96 Å². The highest BCUT2D eigenvalue weighted by Gasteiger charge is 2.35. The number of ether oxygens (including phenoxy) is 1. The molecule has 20 heavy (non-hydrogen) atoms. The van der Waals surface area contributed by atoms with E-state index in [1.807, 2.05) is 6.92 Å². The van der Waals surface area contributed by atoms with Crippen LogP contribution in [0.3, 0.4) is 0 Å². The van der Waals surface area contributed by atoms with Crippen molar-refractivity contribution in [3.05, 3.63) is 0 Å². The Labute approximate surface area is 122 Å². The van der Waals surface area contributed by atoms with Crippen molar-refractivity contribution < 1.29 is 4.74 Å². The van der Waals surface area contributed by atoms with E-state index in [2.05, 4.69) is 27.3 Å². The van der Waals surface area contributed by atoms with E-state index in [9.17, 15) is 0 Å². The molecule has 2 aliphatic heterocycles. The van der Waals surface area contributed by atoms with Crippen molar-refractivity contribution in [2.75, 3.05) is 39.9 Å². The molecule has 6 nitrogen and oxygen atoms in total. The number of hydrazine groups is 1. The summed E-state index contributed by atoms with van der Waals surface area (Å²) in [4.78, 5) is 9.43. The predicted octanol–water partition coefficient (Wildman–Crippen LogP) is 0.401. The zero-order valence-corrected chi connectivity index (χ0v) is 12.8. The first-order chi connectivity index (χ1) is 9.76. The summed E-state index contributed by atoms with van der Waals surface area (Å²) < 4.78 is 5.33. The monoisotopic (exact) mass is 283 g/mol. The minimum atomic E-state index is 0.643. The van der Waals surface area contributed by atoms with Crippen molar-refractivity contribution >= 4 is 5.96 Å². The molecule has 0 aromatic heterocycles. The number of fused-ring (bicyclic) bond motifs is 2. The molecule has 0 aromatic carbocycles. The summed E-state index contributed by atoms with van der Waals surface area (Å²) in [5.74, 6) is 6.50. The highest BCUT2D eigenvalue weighted by molar-refractivity contribution is 5.79. The molecular weight excluding hydrogens is 254 g/mol. The molecule has 116 valence electrons. The average molecular weight is 283 g/mol. The topological polar surface area (TPSA) is 66.1 Å². The molecule has 2 aliphatic rings. The van der Waals surface area contributed by atoms with Crippen LogP contribution in [0.2, 0.25) is 0 Å². The maximum absolute atomic E-state index is 5.66. The minimum absolute atomic E-state index is 0.643. The summed E-state index contributed by atoms with van der Waals surface area (Å²) in [5, 5.41) is 0. The second-order valence-electron chi connectivity index (χ2n) is 5.69. The van der Waals surface area contributed by atoms with Crippen molar-refractivity contribution in [2.45, 2.75) is 44.7 Å². The molecule has 0 aliphatic carbocycles. The van der Waals surface area contributed by atoms with Crippen molar-refractivity contribution in [2.24, 2.45) is 10.8 Å². The molecule has 2 rings (SSSR count). The van der Waals surface area contributed by atoms with Crippen LogP contribution >= 0.6 is 0 Å². The summed E-state index contributed by atoms with van der Waals surface area (Å²) >= 11 is 0. The third-order valence-electron chi connectivity index (χ3n) is 4.49. The van der Waals surface area contributed by atoms with Crippen molar-refractivity contribution in [1.29, 1.82) is 0 Å². The Morgan fingerprint density at radius 2 is 2.15 bits per heavy atom. The number of guanidine groups is 1. The molecule has 2 atom stereocenters. The Morgan fingerprint density at radius 1 is 1.35 bits per heavy atom. The number of likely N-dealkylation sites (N-methyl/N-ethyl adjacent to an activating group) is 1. The second-order valence-corrected chi connectivity index (χ2v) is 5.69. The predicted molar refractivity (Wildman–Crippen MR) is 81.5 cm³/mol. The van der Waals surface area contributed by atoms with E-state index in [1.54, 1.807) is 0 Å². The maximum atomic E-state index is 5.66. The van der Waals surface area contributed by atoms with Crippen molar-refractivity contribution in [1.82, 2.24) is 15.2 Å². The van der Waals surface area contributed by atoms with E-state index < -0.39 is 0 Å². The molecule has 3 N–H and O–H groups in total. The van der Waals surface area contributed by atoms with E-state index in [-0.39, 0.29) is 0 Å². The molecule has 0 radical (unpaired) electrons. The van der Waals surface area contributed by atoms with Crippen molar-refractivity contribution in [3.63, 3.8) is 0 Å². The van der Waals surface area contributed by atoms with Crippen LogP contribution in [-0.4, -0.2) is 67.7 Å². The number of nitrogens with zero attached hydrogens (tertiary/aromatic N) is 3. The van der Waals surface area contributed by atoms with Gasteiger partial charge >= 0.3 is 0 Å². The van der Waals surface area contributed by atoms with Crippen molar-refractivity contribution in [3.8, 4) is 0 Å². The van der Waals surface area contributed by atoms with Crippen LogP contribution in [-0.2, 0) is 4.74 Å². The number of hydrogen-bond donors (Lipinski definition) is 2. The van der Waals surface area contributed by atoms with Gasteiger partial charge in [-0.3, -0.25) is 15.3 Å². The molecule has 2 saturated heterocycles. The van der Waals surface area contributed by atoms with E-state index in [0.717, 1.165) is 51.3 Å². The van der Waals surface area contributed by atoms with Crippen LogP contribution in [0.4, 0.5) is 0 Å². The number of aliphatic imine (C=N–C) groups is 1. The van der Waals surface area contributed by atoms with Gasteiger partial charge in [-0.15, -0.1) is 0 Å². The molecule has 2 heterocycles. The number of rotatable bonds is 5. The van der Waals surface area contributed by atoms with Crippen LogP contribution in [0.15, 0.2) is 4.99 Å². The summed E-state index contributed by atoms with van der Waals surface area (Å²) in [6.07, 6.45) is 4.78. The zero-order valence-electron chi connectivity index (χ0n) is 12.8. The van der Waals surface area contributed by atoms with Gasteiger partial charge in [0, 0.05) is 44.9 Å². The van der Waals surface area contributed by atoms with E-state index in [0.29, 0.717) is 6.04 Å². The first-order valence-electron chi connectivity index (χ1n) is 7.82. The second kappa shape index (κ2) is 7.81. The van der Waals surface area contributed by atoms with E-state index in [1.165, 1.54) is 19.3 Å². The van der Waals surface area contributed by atoms with Gasteiger partial charge in [0.15, 0.2) is 0 Å². The lowest BCUT2D eigenvalue weighted by Gasteiger charge is -2.28. The lowest BCUT2D eigenvalue weighted by molar-refractivity contribution is 0.146. The highest BCUT2D eigenvalue weighted by atomic mass is 16.5. The summed E-state index contributed by atoms with van der Waals surface area (Å²) in [6, 6.07) is 1.38. The minimum Gasteiger partial charge on any atom is -0.382 e. The van der Waals surface area contributed by atoms with E-state index in [4.69, 9.17) is 10.6 Å². The largest absolute Gasteiger partial charge is 0.382 e. The van der Waals surface area contributed by atoms with Gasteiger partial charge in [-0.05, 0) is 39.7 Å². The van der Waals surface area contributed by atoms with Gasteiger partial charge in [-0.1, -0.05) is 0 Å². The van der Waals surface area contributed by atoms with Crippen LogP contribution in [0.1, 0.15) is 32.6 Å². The number of nitrogens with two attached hydrogens (primary N) is 1. The Kier molecular flexibility index (Phi) is 6.06. The molecule has 0 saturated carbocycles. The number of nitrogens with one attached hydrogen (secondary N) is 1. The molecule has 2 bridgehead atoms. The van der Waals surface area contributed by atoms with Gasteiger partial charge in [0.05, 0.1) is 0 Å². The molecule has 0 amide bonds. The van der Waals surface area contributed by atoms with Crippen LogP contribution in [0.25, 0.3) is 0 Å². The maximum Gasteiger partial charge on any atom is 0.208 e. The molecule has 0 aromatic rings. The fourth-order valence-electron chi connectivity index (χ4n) is 3.23. The Bertz CT molecular complexity index is 323. The Hall–Kier alpha value is -0.850. The average Bonchev–Trinajstić information content (AvgIpc) is 2.69. The molecular formula is C14H29N5O. The smallest absolute Gasteiger partial charge is 0.208 e. The fraction of sp³-hybridized carbons (Fsp3) is 0.929. The standard InChI is InChI=1S/C14H29N5O/c1-3-20-10-4-8-16-14(17-15)19-9-7-12-5-6-13(11-19)18(12)2/h12-13H,3-11,15H2,1-2H3,(H,16,17). The lowest BCUT2D eigenvalue weighted by atomic mass is 10.1. The molecule has 0 spiro atoms. The van der Waals surface area contributed by atoms with Gasteiger partial charge in [-0.2, -0.15) is 0 Å². The third kappa shape index (κ3) is 3.84. The number of likely N-dealkylation sites (tertiary alicyclic amines) is 1. The van der Waals surface area contributed by atoms with Gasteiger partial charge in [-0.25, -0.2) is 5.84 Å². The first kappa shape index (κ1) is 15.5. The third-order valence-corrected chi connectivity index (χ3v) is 4.49. The quantitative estimate of drug-likeness (QED) is 0.251. The van der Waals surface area contributed by atoms with Crippen LogP contribution in [0.5, 0.6) is 0 Å². The summed E-state index contributed by atoms with van der Waals surface area (Å²) in [6.45, 7) is 6.39. The van der Waals surface area contributed by atoms with Crippen LogP contribution in [0, 0.1) is 0 Å². The Balaban J connectivity index is 1.85. The van der Waals surface area contributed by atoms with E-state index >= 15 is 0 Å². The number of hydrogen-bond acceptors (Lipinski definition) is 4. The summed E-state index contributed by atoms with van der Waals surface area (Å²) in [7, 11) is 2.25. The molecule has 6 heteroatoms. The summed E-state index contributed by atoms with van der Waals surface area (Å²) in [5.41, 5.74) is 2.78. The Morgan fingerprint density at radius 3 is 2.90 bits per heavy atom. The lowest BCUT2D eigenvalue weighted by Crippen LogP contribution is -2.48. The van der Waals surface area contributed by atoms with Crippen LogP contribution < -0.4 is 11.3 Å². The fourth-order valence-corrected chi connectivity index (χ4v) is 3.23. The normalized spacial score (nSPS) is 27.8. The molecule has 2 unspecified atom stereocenters.